The van der Waals surface area contributed by atoms with E-state index in [1.54, 1.807) is 103 Å². The van der Waals surface area contributed by atoms with Gasteiger partial charge < -0.3 is 61.5 Å². The molecular formula is C72H85N11O15. The number of rotatable bonds is 38. The summed E-state index contributed by atoms with van der Waals surface area (Å²) < 4.78 is 16.3. The number of aromatic amines is 1. The summed E-state index contributed by atoms with van der Waals surface area (Å²) in [5, 5.41) is 31.7. The summed E-state index contributed by atoms with van der Waals surface area (Å²) in [5.41, 5.74) is 9.33. The molecule has 0 bridgehead atoms. The molecule has 0 aliphatic carbocycles. The molecule has 6 atom stereocenters. The van der Waals surface area contributed by atoms with Crippen LogP contribution in [0, 0.1) is 0 Å². The highest BCUT2D eigenvalue weighted by atomic mass is 16.6. The number of carbonyl (C=O) groups excluding carboxylic acids is 10. The number of ketones is 1. The Morgan fingerprint density at radius 3 is 1.78 bits per heavy atom. The van der Waals surface area contributed by atoms with Gasteiger partial charge in [-0.05, 0) is 68.0 Å². The van der Waals surface area contributed by atoms with Crippen molar-refractivity contribution in [2.75, 3.05) is 13.2 Å². The van der Waals surface area contributed by atoms with E-state index in [1.165, 1.54) is 51.1 Å². The van der Waals surface area contributed by atoms with E-state index in [0.29, 0.717) is 28.7 Å². The van der Waals surface area contributed by atoms with Crippen LogP contribution in [-0.4, -0.2) is 130 Å². The van der Waals surface area contributed by atoms with Crippen LogP contribution in [0.5, 0.6) is 0 Å². The minimum absolute atomic E-state index is 0.0595. The number of hydrogen-bond donors (Lipinski definition) is 9. The van der Waals surface area contributed by atoms with Crippen molar-refractivity contribution in [3.8, 4) is 0 Å². The number of ether oxygens (including phenoxy) is 3. The van der Waals surface area contributed by atoms with Gasteiger partial charge in [-0.1, -0.05) is 197 Å². The Labute approximate surface area is 567 Å². The van der Waals surface area contributed by atoms with Gasteiger partial charge >= 0.3 is 24.0 Å². The lowest BCUT2D eigenvalue weighted by molar-refractivity contribution is -0.157. The topological polar surface area (TPSA) is 384 Å². The first-order valence-electron chi connectivity index (χ1n) is 32.3. The lowest BCUT2D eigenvalue weighted by Crippen LogP contribution is -2.61. The van der Waals surface area contributed by atoms with Gasteiger partial charge in [-0.25, -0.2) is 9.59 Å². The van der Waals surface area contributed by atoms with Crippen LogP contribution in [0.3, 0.4) is 0 Å². The number of fused-ring (bicyclic) bond motifs is 1. The highest BCUT2D eigenvalue weighted by Crippen LogP contribution is 2.37. The highest BCUT2D eigenvalue weighted by molar-refractivity contribution is 6.03. The van der Waals surface area contributed by atoms with Crippen LogP contribution in [0.2, 0.25) is 0 Å². The molecule has 518 valence electrons. The second-order valence-corrected chi connectivity index (χ2v) is 24.2. The van der Waals surface area contributed by atoms with E-state index in [2.05, 4.69) is 65.7 Å². The van der Waals surface area contributed by atoms with Gasteiger partial charge in [0.2, 0.25) is 35.4 Å². The van der Waals surface area contributed by atoms with Crippen LogP contribution in [0.15, 0.2) is 163 Å². The number of nitrogens with one attached hydrogen (secondary N) is 8. The number of carboxylic acids is 1. The molecule has 1 aromatic heterocycles. The number of carbonyl (C=O) groups is 11. The van der Waals surface area contributed by atoms with Crippen molar-refractivity contribution in [1.82, 2.24) is 42.2 Å². The Morgan fingerprint density at radius 1 is 0.633 bits per heavy atom. The zero-order valence-corrected chi connectivity index (χ0v) is 55.5. The molecule has 5 aromatic carbocycles. The van der Waals surface area contributed by atoms with Crippen molar-refractivity contribution >= 4 is 81.8 Å². The van der Waals surface area contributed by atoms with E-state index in [9.17, 15) is 38.7 Å². The van der Waals surface area contributed by atoms with E-state index in [4.69, 9.17) is 19.7 Å². The first-order valence-corrected chi connectivity index (χ1v) is 32.3. The Bertz CT molecular complexity index is 3700. The fourth-order valence-electron chi connectivity index (χ4n) is 10.9. The van der Waals surface area contributed by atoms with Crippen LogP contribution in [0.25, 0.3) is 21.3 Å². The van der Waals surface area contributed by atoms with E-state index in [-0.39, 0.29) is 30.7 Å². The molecule has 0 saturated heterocycles. The molecule has 7 amide bonds. The second kappa shape index (κ2) is 37.8. The summed E-state index contributed by atoms with van der Waals surface area (Å²) in [6.07, 6.45) is 3.41. The molecule has 0 fully saturated rings. The van der Waals surface area contributed by atoms with Gasteiger partial charge in [0, 0.05) is 52.5 Å². The molecule has 0 aliphatic rings. The number of aromatic nitrogens is 1. The summed E-state index contributed by atoms with van der Waals surface area (Å²) in [4.78, 5) is 162. The molecule has 6 unspecified atom stereocenters. The molecule has 0 saturated carbocycles. The van der Waals surface area contributed by atoms with Crippen molar-refractivity contribution in [1.29, 1.82) is 0 Å². The fourth-order valence-corrected chi connectivity index (χ4v) is 10.9. The van der Waals surface area contributed by atoms with Crippen LogP contribution in [-0.2, 0) is 69.3 Å². The first-order chi connectivity index (χ1) is 47.0. The van der Waals surface area contributed by atoms with Gasteiger partial charge in [0.25, 0.3) is 0 Å². The molecule has 6 rings (SSSR count). The Hall–Kier alpha value is -11.1. The molecule has 9 N–H and O–H groups in total. The first kappa shape index (κ1) is 75.9. The van der Waals surface area contributed by atoms with Crippen molar-refractivity contribution in [3.63, 3.8) is 0 Å². The minimum Gasteiger partial charge on any atom is -0.480 e. The summed E-state index contributed by atoms with van der Waals surface area (Å²) >= 11 is 0. The molecule has 0 spiro atoms. The molecule has 1 heterocycles. The van der Waals surface area contributed by atoms with E-state index in [1.807, 2.05) is 18.2 Å². The number of unbranched alkanes of at least 4 members (excludes halogenated alkanes) is 6. The van der Waals surface area contributed by atoms with E-state index < -0.39 is 138 Å². The number of amides is 7. The third-order valence-corrected chi connectivity index (χ3v) is 15.6. The zero-order valence-electron chi connectivity index (χ0n) is 55.5. The monoisotopic (exact) mass is 1340 g/mol. The number of azide groups is 1. The van der Waals surface area contributed by atoms with Gasteiger partial charge in [0.1, 0.15) is 60.6 Å². The van der Waals surface area contributed by atoms with Crippen LogP contribution >= 0.6 is 0 Å². The lowest BCUT2D eigenvalue weighted by Gasteiger charge is -2.37. The Kier molecular flexibility index (Phi) is 29.3. The third-order valence-electron chi connectivity index (χ3n) is 15.6. The molecule has 0 radical (unpaired) electrons. The van der Waals surface area contributed by atoms with Crippen molar-refractivity contribution in [2.45, 2.75) is 159 Å². The fraction of sp³-hybridized carbons (Fsp3) is 0.375. The van der Waals surface area contributed by atoms with Crippen molar-refractivity contribution in [2.24, 2.45) is 5.11 Å². The average Bonchev–Trinajstić information content (AvgIpc) is 0.897. The van der Waals surface area contributed by atoms with Gasteiger partial charge in [0.15, 0.2) is 5.78 Å². The van der Waals surface area contributed by atoms with Crippen LogP contribution in [0.1, 0.15) is 138 Å². The molecular weight excluding hydrogens is 1260 g/mol. The summed E-state index contributed by atoms with van der Waals surface area (Å²) in [6.45, 7) is 9.85. The number of para-hydroxylation sites is 1. The molecule has 26 nitrogen and oxygen atoms in total. The van der Waals surface area contributed by atoms with Gasteiger partial charge in [-0.15, -0.1) is 0 Å². The standard InChI is InChI=1S/C72H85N11O15/c1-7-9-10-11-12-13-23-38-60(85)76-55(40-47-44-74-53-36-26-24-34-51(47)53)65(90)77-56(42-61(86)81-72(48-28-17-14-18-29-48,49-30-19-15-20-31-49)50-32-21-16-22-33-50)66(91)78-57(43-63(89)98-71(4,5)6)67(92)80-64(68(93)75-45-62(87)88)46(3)97-69(94)58(79-70(95)96-39-8-2)41-59(84)52-35-25-27-37-54(52)82-83-73/h8,14-22,24-37,44,46,55-58,64,74H,2,7,9-13,23,38-43,45H2,1,3-6H3,(H,75,93)(H,76,85)(H,77,90)(H,78,91)(H,79,95)(H,80,92)(H,81,86)(H,87,88). The third kappa shape index (κ3) is 23.1. The SMILES string of the molecule is C=CCOC(=O)NC(CC(=O)c1ccccc1N=[N+]=[N-])C(=O)OC(C)C(NC(=O)C(CC(=O)OC(C)(C)C)NC(=O)C(CC(=O)NC(c1ccccc1)(c1ccccc1)c1ccccc1)NC(=O)C(Cc1c[nH]c2ccccc12)NC(=O)CCCCCCCCC)C(=O)NCC(=O)O. The smallest absolute Gasteiger partial charge is 0.408 e. The minimum atomic E-state index is -2.11. The van der Waals surface area contributed by atoms with Crippen LogP contribution < -0.4 is 37.2 Å². The number of nitrogens with zero attached hydrogens (tertiary/aromatic N) is 3. The number of alkyl carbamates (subject to hydrolysis) is 1. The summed E-state index contributed by atoms with van der Waals surface area (Å²) in [5.74, 6) is -11.0. The van der Waals surface area contributed by atoms with E-state index in [0.717, 1.165) is 56.4 Å². The molecule has 98 heavy (non-hydrogen) atoms. The maximum absolute atomic E-state index is 15.5. The van der Waals surface area contributed by atoms with Gasteiger partial charge in [-0.3, -0.25) is 43.2 Å². The molecule has 26 heteroatoms. The number of carboxylic acid groups (broad SMARTS) is 1. The largest absolute Gasteiger partial charge is 0.480 e. The van der Waals surface area contributed by atoms with Crippen LogP contribution in [0.4, 0.5) is 10.5 Å². The Morgan fingerprint density at radius 2 is 1.18 bits per heavy atom. The number of benzene rings is 5. The molecule has 6 aromatic rings. The normalized spacial score (nSPS) is 13.0. The quantitative estimate of drug-likeness (QED) is 0.00201. The number of H-pyrrole nitrogens is 1. The zero-order chi connectivity index (χ0) is 71.2. The number of aliphatic carboxylic acids is 1. The number of Topliss-reactive ketones (excluding diaryl/α,β-unsaturated/α-hetero) is 1. The molecule has 0 aliphatic heterocycles. The van der Waals surface area contributed by atoms with Crippen molar-refractivity contribution < 1.29 is 72.1 Å². The predicted octanol–water partition coefficient (Wildman–Crippen LogP) is 8.65. The highest BCUT2D eigenvalue weighted by Gasteiger charge is 2.42. The maximum Gasteiger partial charge on any atom is 0.408 e. The number of hydrogen-bond acceptors (Lipinski definition) is 15. The summed E-state index contributed by atoms with van der Waals surface area (Å²) in [7, 11) is 0. The average molecular weight is 1340 g/mol. The summed E-state index contributed by atoms with van der Waals surface area (Å²) in [6, 6.07) is 30.3. The van der Waals surface area contributed by atoms with Gasteiger partial charge in [-0.2, -0.15) is 0 Å². The lowest BCUT2D eigenvalue weighted by atomic mass is 9.77. The predicted molar refractivity (Wildman–Crippen MR) is 364 cm³/mol. The Balaban J connectivity index is 1.41. The van der Waals surface area contributed by atoms with Crippen molar-refractivity contribution in [3.05, 3.63) is 197 Å². The number of esters is 2. The second-order valence-electron chi connectivity index (χ2n) is 24.2. The van der Waals surface area contributed by atoms with E-state index >= 15 is 19.2 Å². The maximum atomic E-state index is 15.5. The van der Waals surface area contributed by atoms with Gasteiger partial charge in [0.05, 0.1) is 12.8 Å².